The third kappa shape index (κ3) is 9.62. The maximum Gasteiger partial charge on any atom is 0.422 e. The molecule has 0 bridgehead atoms. The zero-order chi connectivity index (χ0) is 22.9. The van der Waals surface area contributed by atoms with E-state index in [9.17, 15) is 18.0 Å². The Bertz CT molecular complexity index is 906. The van der Waals surface area contributed by atoms with Crippen LogP contribution in [0.2, 0.25) is 0 Å². The van der Waals surface area contributed by atoms with Gasteiger partial charge in [0.25, 0.3) is 0 Å². The molecule has 176 valence electrons. The van der Waals surface area contributed by atoms with E-state index in [1.807, 2.05) is 12.1 Å². The molecule has 2 rings (SSSR count). The number of hydrogen-bond acceptors (Lipinski definition) is 4. The summed E-state index contributed by atoms with van der Waals surface area (Å²) in [5.41, 5.74) is 2.91. The van der Waals surface area contributed by atoms with Crippen molar-refractivity contribution in [1.29, 1.82) is 0 Å². The summed E-state index contributed by atoms with van der Waals surface area (Å²) in [7, 11) is 2.88. The first-order chi connectivity index (χ1) is 14.7. The molecular weight excluding hydrogens is 540 g/mol. The number of carbonyl (C=O) groups is 1. The fourth-order valence-electron chi connectivity index (χ4n) is 2.56. The first-order valence-electron chi connectivity index (χ1n) is 9.37. The number of rotatable bonds is 7. The SMILES string of the molecule is CN=C(NCc1ccc(NC(=O)OC)cc1)NCc1ccc(C)cc1OCC(F)(F)F.I. The molecular formula is C21H26F3IN4O3. The topological polar surface area (TPSA) is 84.0 Å². The van der Waals surface area contributed by atoms with Crippen LogP contribution in [-0.2, 0) is 17.8 Å². The number of hydrogen-bond donors (Lipinski definition) is 3. The summed E-state index contributed by atoms with van der Waals surface area (Å²) in [5.74, 6) is 0.646. The monoisotopic (exact) mass is 566 g/mol. The van der Waals surface area contributed by atoms with Gasteiger partial charge in [-0.3, -0.25) is 10.3 Å². The summed E-state index contributed by atoms with van der Waals surface area (Å²) < 4.78 is 47.0. The second kappa shape index (κ2) is 13.0. The number of halogens is 4. The highest BCUT2D eigenvalue weighted by Crippen LogP contribution is 2.23. The molecule has 2 aromatic carbocycles. The number of anilines is 1. The maximum atomic E-state index is 12.5. The van der Waals surface area contributed by atoms with Gasteiger partial charge in [0.2, 0.25) is 0 Å². The number of alkyl halides is 3. The minimum atomic E-state index is -4.41. The molecule has 0 saturated heterocycles. The van der Waals surface area contributed by atoms with Crippen LogP contribution >= 0.6 is 24.0 Å². The molecule has 0 spiro atoms. The molecule has 0 fully saturated rings. The van der Waals surface area contributed by atoms with E-state index in [2.05, 4.69) is 25.7 Å². The summed E-state index contributed by atoms with van der Waals surface area (Å²) in [6, 6.07) is 12.2. The van der Waals surface area contributed by atoms with Crippen LogP contribution in [0.5, 0.6) is 5.75 Å². The minimum absolute atomic E-state index is 0. The highest BCUT2D eigenvalue weighted by molar-refractivity contribution is 14.0. The molecule has 0 aliphatic carbocycles. The predicted molar refractivity (Wildman–Crippen MR) is 128 cm³/mol. The zero-order valence-electron chi connectivity index (χ0n) is 17.9. The zero-order valence-corrected chi connectivity index (χ0v) is 20.2. The quantitative estimate of drug-likeness (QED) is 0.260. The number of carbonyl (C=O) groups excluding carboxylic acids is 1. The third-order valence-electron chi connectivity index (χ3n) is 4.13. The molecule has 3 N–H and O–H groups in total. The van der Waals surface area contributed by atoms with Crippen molar-refractivity contribution in [2.24, 2.45) is 4.99 Å². The number of amides is 1. The van der Waals surface area contributed by atoms with Crippen LogP contribution in [-0.4, -0.2) is 39.0 Å². The van der Waals surface area contributed by atoms with Crippen molar-refractivity contribution < 1.29 is 27.4 Å². The second-order valence-electron chi connectivity index (χ2n) is 6.61. The molecule has 0 aliphatic heterocycles. The number of guanidine groups is 1. The van der Waals surface area contributed by atoms with Crippen molar-refractivity contribution >= 4 is 41.7 Å². The summed E-state index contributed by atoms with van der Waals surface area (Å²) in [6.07, 6.45) is -4.96. The Kier molecular flexibility index (Phi) is 11.1. The van der Waals surface area contributed by atoms with Crippen LogP contribution in [0, 0.1) is 6.92 Å². The standard InChI is InChI=1S/C21H25F3N4O3.HI/c1-14-4-7-16(18(10-14)31-13-21(22,23)24)12-27-19(25-2)26-11-15-5-8-17(9-6-15)28-20(29)30-3;/h4-10H,11-13H2,1-3H3,(H,28,29)(H2,25,26,27);1H. The Balaban J connectivity index is 0.00000512. The van der Waals surface area contributed by atoms with Gasteiger partial charge in [0.05, 0.1) is 7.11 Å². The van der Waals surface area contributed by atoms with E-state index in [0.29, 0.717) is 23.8 Å². The van der Waals surface area contributed by atoms with E-state index in [1.54, 1.807) is 44.3 Å². The number of ether oxygens (including phenoxy) is 2. The van der Waals surface area contributed by atoms with Crippen molar-refractivity contribution in [3.63, 3.8) is 0 Å². The van der Waals surface area contributed by atoms with Gasteiger partial charge in [0.1, 0.15) is 5.75 Å². The molecule has 2 aromatic rings. The number of aryl methyl sites for hydroxylation is 1. The van der Waals surface area contributed by atoms with Gasteiger partial charge in [-0.25, -0.2) is 4.79 Å². The average molecular weight is 566 g/mol. The minimum Gasteiger partial charge on any atom is -0.484 e. The van der Waals surface area contributed by atoms with E-state index in [0.717, 1.165) is 11.1 Å². The first-order valence-corrected chi connectivity index (χ1v) is 9.37. The molecule has 11 heteroatoms. The predicted octanol–water partition coefficient (Wildman–Crippen LogP) is 4.60. The third-order valence-corrected chi connectivity index (χ3v) is 4.13. The fraction of sp³-hybridized carbons (Fsp3) is 0.333. The number of benzene rings is 2. The van der Waals surface area contributed by atoms with Gasteiger partial charge in [-0.1, -0.05) is 24.3 Å². The summed E-state index contributed by atoms with van der Waals surface area (Å²) >= 11 is 0. The smallest absolute Gasteiger partial charge is 0.422 e. The molecule has 7 nitrogen and oxygen atoms in total. The van der Waals surface area contributed by atoms with E-state index in [1.165, 1.54) is 7.11 Å². The van der Waals surface area contributed by atoms with E-state index < -0.39 is 18.9 Å². The van der Waals surface area contributed by atoms with Gasteiger partial charge in [0.15, 0.2) is 12.6 Å². The van der Waals surface area contributed by atoms with Crippen LogP contribution < -0.4 is 20.7 Å². The maximum absolute atomic E-state index is 12.5. The number of methoxy groups -OCH3 is 1. The van der Waals surface area contributed by atoms with Crippen molar-refractivity contribution in [2.75, 3.05) is 26.1 Å². The Morgan fingerprint density at radius 3 is 2.31 bits per heavy atom. The van der Waals surface area contributed by atoms with Gasteiger partial charge in [-0.2, -0.15) is 13.2 Å². The van der Waals surface area contributed by atoms with Gasteiger partial charge in [-0.05, 0) is 36.2 Å². The highest BCUT2D eigenvalue weighted by Gasteiger charge is 2.28. The van der Waals surface area contributed by atoms with Gasteiger partial charge >= 0.3 is 12.3 Å². The van der Waals surface area contributed by atoms with Crippen molar-refractivity contribution in [1.82, 2.24) is 10.6 Å². The van der Waals surface area contributed by atoms with Crippen molar-refractivity contribution in [3.05, 3.63) is 59.2 Å². The average Bonchev–Trinajstić information content (AvgIpc) is 2.73. The van der Waals surface area contributed by atoms with Gasteiger partial charge < -0.3 is 20.1 Å². The van der Waals surface area contributed by atoms with E-state index >= 15 is 0 Å². The molecule has 0 radical (unpaired) electrons. The molecule has 0 saturated carbocycles. The van der Waals surface area contributed by atoms with Crippen LogP contribution in [0.1, 0.15) is 16.7 Å². The molecule has 0 unspecified atom stereocenters. The number of nitrogens with one attached hydrogen (secondary N) is 3. The Morgan fingerprint density at radius 1 is 1.06 bits per heavy atom. The Morgan fingerprint density at radius 2 is 1.72 bits per heavy atom. The Labute approximate surface area is 201 Å². The highest BCUT2D eigenvalue weighted by atomic mass is 127. The van der Waals surface area contributed by atoms with Crippen LogP contribution in [0.25, 0.3) is 0 Å². The molecule has 32 heavy (non-hydrogen) atoms. The lowest BCUT2D eigenvalue weighted by atomic mass is 10.1. The van der Waals surface area contributed by atoms with Crippen LogP contribution in [0.15, 0.2) is 47.5 Å². The van der Waals surface area contributed by atoms with E-state index in [4.69, 9.17) is 4.74 Å². The van der Waals surface area contributed by atoms with Gasteiger partial charge in [-0.15, -0.1) is 24.0 Å². The largest absolute Gasteiger partial charge is 0.484 e. The molecule has 0 heterocycles. The lowest BCUT2D eigenvalue weighted by Crippen LogP contribution is -2.36. The first kappa shape index (κ1) is 27.3. The van der Waals surface area contributed by atoms with Crippen molar-refractivity contribution in [3.8, 4) is 5.75 Å². The number of aliphatic imine (C=N–C) groups is 1. The summed E-state index contributed by atoms with van der Waals surface area (Å²) in [6.45, 7) is 1.11. The summed E-state index contributed by atoms with van der Waals surface area (Å²) in [4.78, 5) is 15.3. The lowest BCUT2D eigenvalue weighted by molar-refractivity contribution is -0.153. The fourth-order valence-corrected chi connectivity index (χ4v) is 2.56. The van der Waals surface area contributed by atoms with Crippen LogP contribution in [0.4, 0.5) is 23.7 Å². The molecule has 1 amide bonds. The number of nitrogens with zero attached hydrogens (tertiary/aromatic N) is 1. The Hall–Kier alpha value is -2.70. The van der Waals surface area contributed by atoms with Crippen molar-refractivity contribution in [2.45, 2.75) is 26.2 Å². The van der Waals surface area contributed by atoms with Gasteiger partial charge in [0, 0.05) is 31.4 Å². The molecule has 0 aromatic heterocycles. The molecule has 0 atom stereocenters. The summed E-state index contributed by atoms with van der Waals surface area (Å²) in [5, 5.41) is 8.74. The second-order valence-corrected chi connectivity index (χ2v) is 6.61. The van der Waals surface area contributed by atoms with E-state index in [-0.39, 0.29) is 36.3 Å². The van der Waals surface area contributed by atoms with Crippen LogP contribution in [0.3, 0.4) is 0 Å². The molecule has 0 aliphatic rings. The normalized spacial score (nSPS) is 11.2. The lowest BCUT2D eigenvalue weighted by Gasteiger charge is -2.16.